The monoisotopic (exact) mass is 416 g/mol. The highest BCUT2D eigenvalue weighted by atomic mass is 16.5. The Morgan fingerprint density at radius 2 is 1.97 bits per heavy atom. The lowest BCUT2D eigenvalue weighted by molar-refractivity contribution is -0.145. The first kappa shape index (κ1) is 20.5. The summed E-state index contributed by atoms with van der Waals surface area (Å²) >= 11 is 0. The lowest BCUT2D eigenvalue weighted by Gasteiger charge is -2.53. The van der Waals surface area contributed by atoms with Gasteiger partial charge in [0.2, 0.25) is 5.91 Å². The minimum atomic E-state index is -0.247. The molecule has 2 aliphatic heterocycles. The molecule has 2 saturated heterocycles. The molecule has 0 aromatic carbocycles. The van der Waals surface area contributed by atoms with Crippen LogP contribution in [-0.4, -0.2) is 72.3 Å². The van der Waals surface area contributed by atoms with Crippen molar-refractivity contribution in [3.05, 3.63) is 17.0 Å². The van der Waals surface area contributed by atoms with Crippen molar-refractivity contribution in [1.29, 1.82) is 0 Å². The van der Waals surface area contributed by atoms with E-state index >= 15 is 0 Å². The second-order valence-corrected chi connectivity index (χ2v) is 9.98. The Balaban J connectivity index is 1.33. The van der Waals surface area contributed by atoms with Crippen LogP contribution in [0, 0.1) is 25.2 Å². The fourth-order valence-electron chi connectivity index (χ4n) is 6.01. The first-order valence-electron chi connectivity index (χ1n) is 11.8. The van der Waals surface area contributed by atoms with Crippen molar-refractivity contribution < 1.29 is 14.1 Å². The van der Waals surface area contributed by atoms with E-state index in [1.165, 1.54) is 5.56 Å². The Morgan fingerprint density at radius 3 is 2.67 bits per heavy atom. The Labute approximate surface area is 179 Å². The minimum absolute atomic E-state index is 0.247. The van der Waals surface area contributed by atoms with E-state index < -0.39 is 0 Å². The standard InChI is InChI=1S/C23H36N4O3/c1-16-21(17(2)30-25-16)14-26-8-6-18-13-20(27-9-11-29-12-10-27)5-7-23(18,15-26)22(28)24-19-3-4-19/h18-20H,3-15H2,1-2H3,(H,24,28)/t18-,20-,23-/m1/s1. The highest BCUT2D eigenvalue weighted by Gasteiger charge is 2.53. The summed E-state index contributed by atoms with van der Waals surface area (Å²) in [5.74, 6) is 1.69. The number of nitrogens with zero attached hydrogens (tertiary/aromatic N) is 3. The number of aromatic nitrogens is 1. The van der Waals surface area contributed by atoms with Gasteiger partial charge in [0, 0.05) is 43.8 Å². The average Bonchev–Trinajstić information content (AvgIpc) is 3.54. The highest BCUT2D eigenvalue weighted by Crippen LogP contribution is 2.48. The Kier molecular flexibility index (Phi) is 5.62. The zero-order chi connectivity index (χ0) is 20.7. The number of carbonyl (C=O) groups is 1. The number of hydrogen-bond donors (Lipinski definition) is 1. The first-order chi connectivity index (χ1) is 14.5. The molecule has 5 rings (SSSR count). The summed E-state index contributed by atoms with van der Waals surface area (Å²) in [5.41, 5.74) is 1.91. The summed E-state index contributed by atoms with van der Waals surface area (Å²) in [6, 6.07) is 1.03. The molecular formula is C23H36N4O3. The topological polar surface area (TPSA) is 70.8 Å². The van der Waals surface area contributed by atoms with E-state index in [2.05, 4.69) is 20.3 Å². The molecule has 7 heteroatoms. The minimum Gasteiger partial charge on any atom is -0.379 e. The van der Waals surface area contributed by atoms with Crippen molar-refractivity contribution in [1.82, 2.24) is 20.3 Å². The van der Waals surface area contributed by atoms with Gasteiger partial charge in [0.15, 0.2) is 0 Å². The van der Waals surface area contributed by atoms with Gasteiger partial charge in [-0.15, -0.1) is 0 Å². The van der Waals surface area contributed by atoms with E-state index in [1.807, 2.05) is 13.8 Å². The predicted molar refractivity (Wildman–Crippen MR) is 113 cm³/mol. The van der Waals surface area contributed by atoms with Crippen molar-refractivity contribution >= 4 is 5.91 Å². The fraction of sp³-hybridized carbons (Fsp3) is 0.826. The van der Waals surface area contributed by atoms with Gasteiger partial charge in [0.05, 0.1) is 24.3 Å². The van der Waals surface area contributed by atoms with Crippen LogP contribution in [0.15, 0.2) is 4.52 Å². The second kappa shape index (κ2) is 8.24. The fourth-order valence-corrected chi connectivity index (χ4v) is 6.01. The molecule has 2 saturated carbocycles. The third-order valence-electron chi connectivity index (χ3n) is 8.05. The number of piperidine rings is 1. The number of fused-ring (bicyclic) bond motifs is 1. The third-order valence-corrected chi connectivity index (χ3v) is 8.05. The number of aryl methyl sites for hydroxylation is 2. The van der Waals surface area contributed by atoms with Gasteiger partial charge in [-0.1, -0.05) is 5.16 Å². The van der Waals surface area contributed by atoms with Gasteiger partial charge in [0.1, 0.15) is 5.76 Å². The quantitative estimate of drug-likeness (QED) is 0.794. The van der Waals surface area contributed by atoms with Gasteiger partial charge in [-0.25, -0.2) is 0 Å². The van der Waals surface area contributed by atoms with Gasteiger partial charge >= 0.3 is 0 Å². The summed E-state index contributed by atoms with van der Waals surface area (Å²) in [6.07, 6.45) is 6.65. The summed E-state index contributed by atoms with van der Waals surface area (Å²) in [7, 11) is 0. The molecule has 166 valence electrons. The van der Waals surface area contributed by atoms with E-state index in [0.29, 0.717) is 23.9 Å². The number of rotatable bonds is 5. The number of morpholine rings is 1. The van der Waals surface area contributed by atoms with Gasteiger partial charge in [-0.05, 0) is 64.8 Å². The number of amides is 1. The van der Waals surface area contributed by atoms with Crippen LogP contribution in [0.2, 0.25) is 0 Å². The molecule has 0 radical (unpaired) electrons. The maximum absolute atomic E-state index is 13.6. The van der Waals surface area contributed by atoms with E-state index in [4.69, 9.17) is 9.26 Å². The van der Waals surface area contributed by atoms with Gasteiger partial charge in [-0.2, -0.15) is 0 Å². The number of carbonyl (C=O) groups excluding carboxylic acids is 1. The van der Waals surface area contributed by atoms with Crippen LogP contribution in [0.25, 0.3) is 0 Å². The Bertz CT molecular complexity index is 751. The molecule has 1 aromatic heterocycles. The lowest BCUT2D eigenvalue weighted by Crippen LogP contribution is -2.61. The number of nitrogens with one attached hydrogen (secondary N) is 1. The molecule has 3 heterocycles. The van der Waals surface area contributed by atoms with Gasteiger partial charge < -0.3 is 14.6 Å². The van der Waals surface area contributed by atoms with E-state index in [-0.39, 0.29) is 5.41 Å². The van der Waals surface area contributed by atoms with E-state index in [0.717, 1.165) is 95.9 Å². The SMILES string of the molecule is Cc1noc(C)c1CN1CC[C@@H]2C[C@H](N3CCOCC3)CC[C@@]2(C(=O)NC2CC2)C1. The zero-order valence-corrected chi connectivity index (χ0v) is 18.5. The molecule has 2 aliphatic carbocycles. The highest BCUT2D eigenvalue weighted by molar-refractivity contribution is 5.84. The zero-order valence-electron chi connectivity index (χ0n) is 18.5. The molecule has 3 atom stereocenters. The van der Waals surface area contributed by atoms with Crippen LogP contribution < -0.4 is 5.32 Å². The molecular weight excluding hydrogens is 380 g/mol. The van der Waals surface area contributed by atoms with Crippen LogP contribution in [-0.2, 0) is 16.1 Å². The maximum Gasteiger partial charge on any atom is 0.228 e. The molecule has 0 spiro atoms. The largest absolute Gasteiger partial charge is 0.379 e. The number of likely N-dealkylation sites (tertiary alicyclic amines) is 1. The van der Waals surface area contributed by atoms with Crippen LogP contribution >= 0.6 is 0 Å². The molecule has 0 bridgehead atoms. The first-order valence-corrected chi connectivity index (χ1v) is 11.8. The molecule has 1 aromatic rings. The van der Waals surface area contributed by atoms with Gasteiger partial charge in [0.25, 0.3) is 0 Å². The van der Waals surface area contributed by atoms with E-state index in [1.54, 1.807) is 0 Å². The van der Waals surface area contributed by atoms with Crippen LogP contribution in [0.5, 0.6) is 0 Å². The summed E-state index contributed by atoms with van der Waals surface area (Å²) in [5, 5.41) is 7.51. The maximum atomic E-state index is 13.6. The van der Waals surface area contributed by atoms with Crippen LogP contribution in [0.3, 0.4) is 0 Å². The Hall–Kier alpha value is -1.44. The molecule has 7 nitrogen and oxygen atoms in total. The summed E-state index contributed by atoms with van der Waals surface area (Å²) in [6.45, 7) is 10.5. The molecule has 1 N–H and O–H groups in total. The summed E-state index contributed by atoms with van der Waals surface area (Å²) < 4.78 is 11.0. The van der Waals surface area contributed by atoms with Crippen molar-refractivity contribution in [3.63, 3.8) is 0 Å². The molecule has 0 unspecified atom stereocenters. The molecule has 1 amide bonds. The molecule has 30 heavy (non-hydrogen) atoms. The predicted octanol–water partition coefficient (Wildman–Crippen LogP) is 2.26. The smallest absolute Gasteiger partial charge is 0.228 e. The van der Waals surface area contributed by atoms with Crippen LogP contribution in [0.1, 0.15) is 55.5 Å². The van der Waals surface area contributed by atoms with Crippen molar-refractivity contribution in [2.24, 2.45) is 11.3 Å². The molecule has 4 aliphatic rings. The average molecular weight is 417 g/mol. The Morgan fingerprint density at radius 1 is 1.17 bits per heavy atom. The van der Waals surface area contributed by atoms with E-state index in [9.17, 15) is 4.79 Å². The third kappa shape index (κ3) is 3.92. The van der Waals surface area contributed by atoms with Crippen molar-refractivity contribution in [3.8, 4) is 0 Å². The number of hydrogen-bond acceptors (Lipinski definition) is 6. The van der Waals surface area contributed by atoms with Crippen molar-refractivity contribution in [2.75, 3.05) is 39.4 Å². The van der Waals surface area contributed by atoms with Crippen molar-refractivity contribution in [2.45, 2.75) is 71.0 Å². The normalized spacial score (nSPS) is 33.3. The summed E-state index contributed by atoms with van der Waals surface area (Å²) in [4.78, 5) is 18.7. The molecule has 4 fully saturated rings. The van der Waals surface area contributed by atoms with Crippen LogP contribution in [0.4, 0.5) is 0 Å². The number of ether oxygens (including phenoxy) is 1. The second-order valence-electron chi connectivity index (χ2n) is 9.98. The lowest BCUT2D eigenvalue weighted by atomic mass is 9.60. The van der Waals surface area contributed by atoms with Gasteiger partial charge in [-0.3, -0.25) is 14.6 Å².